The van der Waals surface area contributed by atoms with Crippen LogP contribution in [0.1, 0.15) is 51.4 Å². The highest BCUT2D eigenvalue weighted by atomic mass is 16.2. The van der Waals surface area contributed by atoms with Gasteiger partial charge in [0.15, 0.2) is 24.2 Å². The molecule has 0 radical (unpaired) electrons. The number of nitrogens with one attached hydrogen (secondary N) is 2. The van der Waals surface area contributed by atoms with Crippen LogP contribution >= 0.6 is 0 Å². The minimum atomic E-state index is -0.671. The van der Waals surface area contributed by atoms with Crippen molar-refractivity contribution in [2.75, 3.05) is 22.9 Å². The van der Waals surface area contributed by atoms with Crippen LogP contribution in [-0.4, -0.2) is 72.7 Å². The number of hydrogen-bond acceptors (Lipinski definition) is 6. The number of carbonyl (C=O) groups excluding carboxylic acids is 6. The molecule has 4 fully saturated rings. The topological polar surface area (TPSA) is 166 Å². The van der Waals surface area contributed by atoms with E-state index in [4.69, 9.17) is 0 Å². The van der Waals surface area contributed by atoms with Crippen LogP contribution in [0.15, 0.2) is 24.3 Å². The molecule has 4 aliphatic rings. The molecule has 4 heterocycles. The maximum atomic E-state index is 13.1. The Bertz CT molecular complexity index is 1060. The Balaban J connectivity index is 1.25. The zero-order chi connectivity index (χ0) is 26.8. The highest BCUT2D eigenvalue weighted by molar-refractivity contribution is 6.23. The third-order valence-corrected chi connectivity index (χ3v) is 7.81. The lowest BCUT2D eigenvalue weighted by molar-refractivity contribution is -0.696. The second-order valence-electron chi connectivity index (χ2n) is 10.4. The van der Waals surface area contributed by atoms with Gasteiger partial charge in [-0.2, -0.15) is 0 Å². The zero-order valence-electron chi connectivity index (χ0n) is 21.2. The van der Waals surface area contributed by atoms with Gasteiger partial charge in [0.25, 0.3) is 23.6 Å². The van der Waals surface area contributed by atoms with Crippen molar-refractivity contribution >= 4 is 46.8 Å². The maximum absolute atomic E-state index is 13.1. The SMILES string of the molecule is O=C1NCCCC[C@H]1[NH2+][C@H]1CC(=O)N(c2ccc(N3C(=O)C[C@@H]([NH2+][C@@H]4CCCCNC4=O)C3=O)cc2)C1=O. The molecule has 4 aliphatic heterocycles. The van der Waals surface area contributed by atoms with E-state index in [0.717, 1.165) is 35.5 Å². The molecule has 202 valence electrons. The molecule has 5 rings (SSSR count). The van der Waals surface area contributed by atoms with Gasteiger partial charge < -0.3 is 21.3 Å². The van der Waals surface area contributed by atoms with Crippen LogP contribution in [0.4, 0.5) is 11.4 Å². The Morgan fingerprint density at radius 1 is 0.579 bits per heavy atom. The molecule has 0 aromatic heterocycles. The summed E-state index contributed by atoms with van der Waals surface area (Å²) in [6.45, 7) is 1.24. The molecule has 1 aromatic rings. The molecule has 0 aliphatic carbocycles. The van der Waals surface area contributed by atoms with Gasteiger partial charge in [0.2, 0.25) is 11.8 Å². The smallest absolute Gasteiger partial charge is 0.292 e. The molecule has 38 heavy (non-hydrogen) atoms. The van der Waals surface area contributed by atoms with Crippen LogP contribution in [0.2, 0.25) is 0 Å². The van der Waals surface area contributed by atoms with Crippen molar-refractivity contribution < 1.29 is 39.4 Å². The van der Waals surface area contributed by atoms with Gasteiger partial charge in [0.05, 0.1) is 24.2 Å². The average Bonchev–Trinajstić information content (AvgIpc) is 3.12. The van der Waals surface area contributed by atoms with E-state index in [1.54, 1.807) is 34.9 Å². The molecule has 0 bridgehead atoms. The van der Waals surface area contributed by atoms with E-state index in [1.165, 1.54) is 0 Å². The molecule has 4 saturated heterocycles. The molecule has 1 aromatic carbocycles. The molecule has 0 saturated carbocycles. The number of amides is 6. The minimum absolute atomic E-state index is 0.000277. The largest absolute Gasteiger partial charge is 0.351 e. The van der Waals surface area contributed by atoms with Gasteiger partial charge in [-0.3, -0.25) is 28.8 Å². The van der Waals surface area contributed by atoms with Crippen molar-refractivity contribution in [2.24, 2.45) is 0 Å². The predicted molar refractivity (Wildman–Crippen MR) is 133 cm³/mol. The van der Waals surface area contributed by atoms with Crippen molar-refractivity contribution in [2.45, 2.75) is 75.5 Å². The van der Waals surface area contributed by atoms with Gasteiger partial charge in [-0.15, -0.1) is 0 Å². The minimum Gasteiger partial charge on any atom is -0.351 e. The Morgan fingerprint density at radius 3 is 1.37 bits per heavy atom. The lowest BCUT2D eigenvalue weighted by Gasteiger charge is -2.19. The van der Waals surface area contributed by atoms with Gasteiger partial charge in [-0.1, -0.05) is 0 Å². The van der Waals surface area contributed by atoms with Crippen molar-refractivity contribution in [3.05, 3.63) is 24.3 Å². The Labute approximate surface area is 219 Å². The van der Waals surface area contributed by atoms with Gasteiger partial charge in [0.1, 0.15) is 0 Å². The molecule has 0 spiro atoms. The summed E-state index contributed by atoms with van der Waals surface area (Å²) in [7, 11) is 0. The summed E-state index contributed by atoms with van der Waals surface area (Å²) in [5, 5.41) is 9.09. The van der Waals surface area contributed by atoms with Crippen LogP contribution < -0.4 is 31.1 Å². The Hall–Kier alpha value is -3.64. The van der Waals surface area contributed by atoms with E-state index in [1.807, 2.05) is 0 Å². The summed E-state index contributed by atoms with van der Waals surface area (Å²) in [4.78, 5) is 78.5. The van der Waals surface area contributed by atoms with Crippen LogP contribution in [0.3, 0.4) is 0 Å². The van der Waals surface area contributed by atoms with Gasteiger partial charge in [-0.05, 0) is 49.9 Å². The predicted octanol–water partition coefficient (Wildman–Crippen LogP) is -2.59. The maximum Gasteiger partial charge on any atom is 0.292 e. The van der Waals surface area contributed by atoms with Gasteiger partial charge in [-0.25, -0.2) is 9.80 Å². The fourth-order valence-corrected chi connectivity index (χ4v) is 5.76. The first-order valence-electron chi connectivity index (χ1n) is 13.4. The monoisotopic (exact) mass is 526 g/mol. The number of rotatable bonds is 6. The highest BCUT2D eigenvalue weighted by Gasteiger charge is 2.46. The number of carbonyl (C=O) groups is 6. The molecule has 12 heteroatoms. The van der Waals surface area contributed by atoms with Crippen molar-refractivity contribution in [1.29, 1.82) is 0 Å². The van der Waals surface area contributed by atoms with E-state index in [0.29, 0.717) is 37.3 Å². The summed E-state index contributed by atoms with van der Waals surface area (Å²) < 4.78 is 0. The fraction of sp³-hybridized carbons (Fsp3) is 0.538. The van der Waals surface area contributed by atoms with E-state index in [2.05, 4.69) is 10.6 Å². The van der Waals surface area contributed by atoms with Crippen molar-refractivity contribution in [3.63, 3.8) is 0 Å². The standard InChI is InChI=1S/C26H32N6O6/c33-21-13-19(29-17-5-1-3-11-27-23(17)35)25(37)31(21)15-7-9-16(10-8-15)32-22(34)14-20(26(32)38)30-18-6-2-4-12-28-24(18)36/h7-10,17-20,29-30H,1-6,11-14H2,(H,27,35)(H,28,36)/p+2/t17-,18-,19-,20+/m1/s1. The normalized spacial score (nSPS) is 28.8. The number of imide groups is 2. The zero-order valence-corrected chi connectivity index (χ0v) is 21.2. The second-order valence-corrected chi connectivity index (χ2v) is 10.4. The van der Waals surface area contributed by atoms with Crippen LogP contribution in [0.5, 0.6) is 0 Å². The van der Waals surface area contributed by atoms with Crippen LogP contribution in [0.25, 0.3) is 0 Å². The van der Waals surface area contributed by atoms with Gasteiger partial charge >= 0.3 is 0 Å². The second kappa shape index (κ2) is 11.0. The van der Waals surface area contributed by atoms with Gasteiger partial charge in [0, 0.05) is 25.9 Å². The molecule has 6 N–H and O–H groups in total. The lowest BCUT2D eigenvalue weighted by Crippen LogP contribution is -2.98. The quantitative estimate of drug-likeness (QED) is 0.297. The van der Waals surface area contributed by atoms with Crippen LogP contribution in [0, 0.1) is 0 Å². The number of hydrogen-bond donors (Lipinski definition) is 4. The van der Waals surface area contributed by atoms with E-state index in [-0.39, 0.29) is 48.3 Å². The lowest BCUT2D eigenvalue weighted by atomic mass is 10.1. The third kappa shape index (κ3) is 5.18. The van der Waals surface area contributed by atoms with E-state index < -0.39 is 24.2 Å². The van der Waals surface area contributed by atoms with Crippen LogP contribution in [-0.2, 0) is 28.8 Å². The summed E-state index contributed by atoms with van der Waals surface area (Å²) in [5.74, 6) is -1.71. The molecule has 4 atom stereocenters. The molecule has 6 amide bonds. The fourth-order valence-electron chi connectivity index (χ4n) is 5.76. The first kappa shape index (κ1) is 26.0. The number of anilines is 2. The van der Waals surface area contributed by atoms with E-state index in [9.17, 15) is 28.8 Å². The number of quaternary nitrogens is 2. The molecule has 12 nitrogen and oxygen atoms in total. The first-order valence-corrected chi connectivity index (χ1v) is 13.4. The highest BCUT2D eigenvalue weighted by Crippen LogP contribution is 2.27. The van der Waals surface area contributed by atoms with Crippen molar-refractivity contribution in [3.8, 4) is 0 Å². The summed E-state index contributed by atoms with van der Waals surface area (Å²) in [5.41, 5.74) is 0.699. The Morgan fingerprint density at radius 2 is 0.974 bits per heavy atom. The Kier molecular flexibility index (Phi) is 7.52. The summed E-state index contributed by atoms with van der Waals surface area (Å²) in [6, 6.07) is 4.03. The third-order valence-electron chi connectivity index (χ3n) is 7.81. The number of benzene rings is 1. The molecular formula is C26H34N6O6+2. The average molecular weight is 527 g/mol. The first-order chi connectivity index (χ1) is 18.3. The number of nitrogens with two attached hydrogens (primary N) is 2. The summed E-state index contributed by atoms with van der Waals surface area (Å²) in [6.07, 6.45) is 4.84. The molecule has 0 unspecified atom stereocenters. The van der Waals surface area contributed by atoms with E-state index >= 15 is 0 Å². The summed E-state index contributed by atoms with van der Waals surface area (Å²) >= 11 is 0. The van der Waals surface area contributed by atoms with Crippen molar-refractivity contribution in [1.82, 2.24) is 10.6 Å². The molecular weight excluding hydrogens is 492 g/mol. The number of nitrogens with zero attached hydrogens (tertiary/aromatic N) is 2.